The third-order valence-corrected chi connectivity index (χ3v) is 6.49. The molecule has 0 aromatic heterocycles. The fraction of sp³-hybridized carbons (Fsp3) is 1.00. The van der Waals surface area contributed by atoms with Crippen molar-refractivity contribution in [3.8, 4) is 0 Å². The minimum atomic E-state index is 0.771. The van der Waals surface area contributed by atoms with E-state index >= 15 is 0 Å². The third kappa shape index (κ3) is 2.58. The van der Waals surface area contributed by atoms with Crippen molar-refractivity contribution in [3.63, 3.8) is 0 Å². The molecule has 0 amide bonds. The molecule has 2 nitrogen and oxygen atoms in total. The monoisotopic (exact) mass is 262 g/mol. The second kappa shape index (κ2) is 5.04. The molecule has 2 heteroatoms. The Kier molecular flexibility index (Phi) is 3.35. The van der Waals surface area contributed by atoms with Gasteiger partial charge >= 0.3 is 0 Å². The second-order valence-corrected chi connectivity index (χ2v) is 7.78. The molecule has 1 heterocycles. The second-order valence-electron chi connectivity index (χ2n) is 7.78. The molecule has 3 saturated carbocycles. The maximum Gasteiger partial charge on any atom is 0.0110 e. The van der Waals surface area contributed by atoms with E-state index in [1.165, 1.54) is 77.3 Å². The Hall–Kier alpha value is -0.0800. The molecule has 108 valence electrons. The molecule has 1 saturated heterocycles. The Morgan fingerprint density at radius 3 is 2.53 bits per heavy atom. The van der Waals surface area contributed by atoms with Crippen molar-refractivity contribution in [1.29, 1.82) is 0 Å². The topological polar surface area (TPSA) is 24.1 Å². The van der Waals surface area contributed by atoms with Gasteiger partial charge in [0.25, 0.3) is 0 Å². The quantitative estimate of drug-likeness (QED) is 0.795. The van der Waals surface area contributed by atoms with Gasteiger partial charge in [-0.1, -0.05) is 12.8 Å². The number of hydrogen-bond donors (Lipinski definition) is 2. The Morgan fingerprint density at radius 1 is 0.947 bits per heavy atom. The van der Waals surface area contributed by atoms with Crippen molar-refractivity contribution in [1.82, 2.24) is 10.6 Å². The van der Waals surface area contributed by atoms with E-state index in [2.05, 4.69) is 10.6 Å². The van der Waals surface area contributed by atoms with Crippen molar-refractivity contribution in [2.45, 2.75) is 76.3 Å². The maximum atomic E-state index is 4.01. The van der Waals surface area contributed by atoms with E-state index in [0.29, 0.717) is 0 Å². The fourth-order valence-corrected chi connectivity index (χ4v) is 4.89. The number of piperidine rings is 1. The smallest absolute Gasteiger partial charge is 0.0110 e. The van der Waals surface area contributed by atoms with Gasteiger partial charge in [-0.05, 0) is 75.2 Å². The van der Waals surface area contributed by atoms with E-state index in [1.807, 2.05) is 0 Å². The van der Waals surface area contributed by atoms with Crippen LogP contribution >= 0.6 is 0 Å². The summed E-state index contributed by atoms with van der Waals surface area (Å²) < 4.78 is 0. The Morgan fingerprint density at radius 2 is 1.84 bits per heavy atom. The molecule has 3 unspecified atom stereocenters. The first-order chi connectivity index (χ1) is 9.37. The molecule has 0 spiro atoms. The fourth-order valence-electron chi connectivity index (χ4n) is 4.89. The summed E-state index contributed by atoms with van der Waals surface area (Å²) >= 11 is 0. The molecule has 0 aromatic carbocycles. The molecule has 0 aromatic rings. The molecule has 4 aliphatic rings. The largest absolute Gasteiger partial charge is 0.314 e. The van der Waals surface area contributed by atoms with Crippen LogP contribution in [0.5, 0.6) is 0 Å². The highest BCUT2D eigenvalue weighted by molar-refractivity contribution is 5.06. The van der Waals surface area contributed by atoms with Gasteiger partial charge in [0.1, 0.15) is 0 Å². The summed E-state index contributed by atoms with van der Waals surface area (Å²) in [6.07, 6.45) is 14.7. The first-order valence-electron chi connectivity index (χ1n) is 8.84. The van der Waals surface area contributed by atoms with E-state index in [1.54, 1.807) is 0 Å². The zero-order valence-electron chi connectivity index (χ0n) is 12.3. The lowest BCUT2D eigenvalue weighted by Crippen LogP contribution is -2.48. The zero-order valence-corrected chi connectivity index (χ0v) is 12.3. The van der Waals surface area contributed by atoms with E-state index in [-0.39, 0.29) is 0 Å². The van der Waals surface area contributed by atoms with Crippen LogP contribution in [-0.4, -0.2) is 25.2 Å². The van der Waals surface area contributed by atoms with Gasteiger partial charge in [-0.3, -0.25) is 0 Å². The van der Waals surface area contributed by atoms with Gasteiger partial charge in [0.2, 0.25) is 0 Å². The average Bonchev–Trinajstić information content (AvgIpc) is 3.36. The summed E-state index contributed by atoms with van der Waals surface area (Å²) in [4.78, 5) is 0. The van der Waals surface area contributed by atoms with Gasteiger partial charge in [-0.25, -0.2) is 0 Å². The minimum Gasteiger partial charge on any atom is -0.314 e. The van der Waals surface area contributed by atoms with Crippen LogP contribution in [0.25, 0.3) is 0 Å². The first-order valence-corrected chi connectivity index (χ1v) is 8.84. The highest BCUT2D eigenvalue weighted by Gasteiger charge is 2.53. The summed E-state index contributed by atoms with van der Waals surface area (Å²) in [5.74, 6) is 2.03. The molecule has 3 aliphatic carbocycles. The lowest BCUT2D eigenvalue weighted by molar-refractivity contribution is 0.245. The first kappa shape index (κ1) is 12.6. The van der Waals surface area contributed by atoms with Crippen LogP contribution in [0.4, 0.5) is 0 Å². The molecule has 4 rings (SSSR count). The van der Waals surface area contributed by atoms with Gasteiger partial charge in [0, 0.05) is 18.6 Å². The van der Waals surface area contributed by atoms with Gasteiger partial charge in [0.15, 0.2) is 0 Å². The molecular weight excluding hydrogens is 232 g/mol. The predicted octanol–water partition coefficient (Wildman–Crippen LogP) is 3.08. The van der Waals surface area contributed by atoms with Crippen molar-refractivity contribution in [2.24, 2.45) is 17.3 Å². The van der Waals surface area contributed by atoms with Crippen molar-refractivity contribution < 1.29 is 0 Å². The van der Waals surface area contributed by atoms with Crippen LogP contribution in [0, 0.1) is 17.3 Å². The minimum absolute atomic E-state index is 0.771. The molecule has 3 atom stereocenters. The summed E-state index contributed by atoms with van der Waals surface area (Å²) in [5.41, 5.74) is 0.771. The van der Waals surface area contributed by atoms with Gasteiger partial charge < -0.3 is 10.6 Å². The molecule has 2 N–H and O–H groups in total. The van der Waals surface area contributed by atoms with E-state index in [0.717, 1.165) is 29.3 Å². The Bertz CT molecular complexity index is 313. The molecule has 1 aliphatic heterocycles. The van der Waals surface area contributed by atoms with E-state index < -0.39 is 0 Å². The van der Waals surface area contributed by atoms with Crippen LogP contribution in [0.15, 0.2) is 0 Å². The van der Waals surface area contributed by atoms with Gasteiger partial charge in [-0.2, -0.15) is 0 Å². The van der Waals surface area contributed by atoms with Crippen LogP contribution in [0.1, 0.15) is 64.2 Å². The molecular formula is C17H30N2. The predicted molar refractivity (Wildman–Crippen MR) is 79.2 cm³/mol. The lowest BCUT2D eigenvalue weighted by atomic mass is 9.88. The Balaban J connectivity index is 1.32. The summed E-state index contributed by atoms with van der Waals surface area (Å²) in [6.45, 7) is 2.60. The van der Waals surface area contributed by atoms with Crippen molar-refractivity contribution in [2.75, 3.05) is 13.1 Å². The number of hydrogen-bond acceptors (Lipinski definition) is 2. The van der Waals surface area contributed by atoms with Crippen LogP contribution in [0.3, 0.4) is 0 Å². The number of nitrogens with one attached hydrogen (secondary N) is 2. The molecule has 19 heavy (non-hydrogen) atoms. The maximum absolute atomic E-state index is 4.01. The molecule has 4 fully saturated rings. The lowest BCUT2D eigenvalue weighted by Gasteiger charge is -2.34. The van der Waals surface area contributed by atoms with Crippen LogP contribution < -0.4 is 10.6 Å². The van der Waals surface area contributed by atoms with Crippen molar-refractivity contribution in [3.05, 3.63) is 0 Å². The van der Waals surface area contributed by atoms with Crippen LogP contribution in [-0.2, 0) is 0 Å². The highest BCUT2D eigenvalue weighted by atomic mass is 15.0. The summed E-state index contributed by atoms with van der Waals surface area (Å²) in [5, 5.41) is 7.81. The van der Waals surface area contributed by atoms with E-state index in [9.17, 15) is 0 Å². The summed E-state index contributed by atoms with van der Waals surface area (Å²) in [6, 6.07) is 1.65. The van der Waals surface area contributed by atoms with E-state index in [4.69, 9.17) is 0 Å². The zero-order chi connectivity index (χ0) is 12.7. The molecule has 0 bridgehead atoms. The standard InChI is InChI=1S/C17H30N2/c1-2-11-18-15(5-1)14-4-3-6-16(14)19-12-17(9-10-17)13-7-8-13/h13-16,18-19H,1-12H2. The highest BCUT2D eigenvalue weighted by Crippen LogP contribution is 2.61. The normalized spacial score (nSPS) is 41.4. The van der Waals surface area contributed by atoms with Gasteiger partial charge in [-0.15, -0.1) is 0 Å². The average molecular weight is 262 g/mol. The van der Waals surface area contributed by atoms with Crippen molar-refractivity contribution >= 4 is 0 Å². The summed E-state index contributed by atoms with van der Waals surface area (Å²) in [7, 11) is 0. The molecule has 0 radical (unpaired) electrons. The van der Waals surface area contributed by atoms with Gasteiger partial charge in [0.05, 0.1) is 0 Å². The third-order valence-electron chi connectivity index (χ3n) is 6.49. The SMILES string of the molecule is C1CCC(C2CCCC2NCC2(C3CC3)CC2)NC1. The van der Waals surface area contributed by atoms with Crippen LogP contribution in [0.2, 0.25) is 0 Å². The number of rotatable bonds is 5. The Labute approximate surface area is 118 Å².